The van der Waals surface area contributed by atoms with Crippen LogP contribution in [0.2, 0.25) is 0 Å². The molecule has 2 saturated heterocycles. The molecule has 3 aromatic rings. The van der Waals surface area contributed by atoms with Gasteiger partial charge in [-0.05, 0) is 31.3 Å². The Morgan fingerprint density at radius 2 is 1.37 bits per heavy atom. The second-order valence-electron chi connectivity index (χ2n) is 8.82. The van der Waals surface area contributed by atoms with Crippen LogP contribution in [-0.4, -0.2) is 102 Å². The molecule has 0 unspecified atom stereocenters. The monoisotopic (exact) mass is 474 g/mol. The zero-order valence-electron chi connectivity index (χ0n) is 20.2. The van der Waals surface area contributed by atoms with Crippen molar-refractivity contribution < 1.29 is 9.53 Å². The second-order valence-corrected chi connectivity index (χ2v) is 8.82. The van der Waals surface area contributed by atoms with Gasteiger partial charge in [-0.1, -0.05) is 0 Å². The Balaban J connectivity index is 1.22. The molecule has 10 nitrogen and oxygen atoms in total. The summed E-state index contributed by atoms with van der Waals surface area (Å²) in [5, 5.41) is 0. The number of aromatic nitrogens is 4. The summed E-state index contributed by atoms with van der Waals surface area (Å²) in [6.07, 6.45) is 3.09. The lowest BCUT2D eigenvalue weighted by molar-refractivity contribution is 0.0740. The number of benzene rings is 1. The Kier molecular flexibility index (Phi) is 6.71. The lowest BCUT2D eigenvalue weighted by Gasteiger charge is -2.35. The highest BCUT2D eigenvalue weighted by Crippen LogP contribution is 2.24. The molecule has 0 atom stereocenters. The zero-order chi connectivity index (χ0) is 24.2. The molecule has 0 aliphatic carbocycles. The summed E-state index contributed by atoms with van der Waals surface area (Å²) in [6.45, 7) is 6.37. The van der Waals surface area contributed by atoms with Crippen LogP contribution < -0.4 is 14.5 Å². The number of carbonyl (C=O) groups is 1. The molecule has 35 heavy (non-hydrogen) atoms. The van der Waals surface area contributed by atoms with Gasteiger partial charge in [0.15, 0.2) is 0 Å². The average Bonchev–Trinajstić information content (AvgIpc) is 2.93. The fourth-order valence-corrected chi connectivity index (χ4v) is 4.41. The van der Waals surface area contributed by atoms with E-state index in [0.29, 0.717) is 31.9 Å². The SMILES string of the molecule is COc1ccc(-c2cc(N3CCN(C(=O)c4cc(N5CCN(C)CC5)ncn4)CC3)ncn2)cc1. The predicted molar refractivity (Wildman–Crippen MR) is 134 cm³/mol. The van der Waals surface area contributed by atoms with E-state index in [4.69, 9.17) is 4.74 Å². The third-order valence-electron chi connectivity index (χ3n) is 6.63. The quantitative estimate of drug-likeness (QED) is 0.547. The Bertz CT molecular complexity index is 1160. The first-order valence-corrected chi connectivity index (χ1v) is 11.9. The van der Waals surface area contributed by atoms with E-state index in [-0.39, 0.29) is 5.91 Å². The molecule has 2 aromatic heterocycles. The minimum Gasteiger partial charge on any atom is -0.497 e. The summed E-state index contributed by atoms with van der Waals surface area (Å²) in [7, 11) is 3.77. The van der Waals surface area contributed by atoms with Crippen LogP contribution >= 0.6 is 0 Å². The van der Waals surface area contributed by atoms with Gasteiger partial charge < -0.3 is 24.3 Å². The molecule has 0 spiro atoms. The molecule has 10 heteroatoms. The molecular weight excluding hydrogens is 444 g/mol. The van der Waals surface area contributed by atoms with E-state index in [1.165, 1.54) is 6.33 Å². The van der Waals surface area contributed by atoms with Gasteiger partial charge in [0.1, 0.15) is 35.7 Å². The number of nitrogens with zero attached hydrogens (tertiary/aromatic N) is 8. The van der Waals surface area contributed by atoms with Crippen molar-refractivity contribution in [3.8, 4) is 17.0 Å². The van der Waals surface area contributed by atoms with Crippen molar-refractivity contribution >= 4 is 17.5 Å². The largest absolute Gasteiger partial charge is 0.497 e. The van der Waals surface area contributed by atoms with Crippen molar-refractivity contribution in [3.63, 3.8) is 0 Å². The molecule has 0 bridgehead atoms. The van der Waals surface area contributed by atoms with Crippen LogP contribution in [0.5, 0.6) is 5.75 Å². The lowest BCUT2D eigenvalue weighted by Crippen LogP contribution is -2.49. The normalized spacial score (nSPS) is 16.9. The van der Waals surface area contributed by atoms with Crippen molar-refractivity contribution in [2.24, 2.45) is 0 Å². The zero-order valence-corrected chi connectivity index (χ0v) is 20.2. The first kappa shape index (κ1) is 23.0. The molecular formula is C25H30N8O2. The number of likely N-dealkylation sites (N-methyl/N-ethyl adjacent to an activating group) is 1. The van der Waals surface area contributed by atoms with Crippen molar-refractivity contribution in [2.45, 2.75) is 0 Å². The van der Waals surface area contributed by atoms with E-state index >= 15 is 0 Å². The van der Waals surface area contributed by atoms with E-state index < -0.39 is 0 Å². The van der Waals surface area contributed by atoms with E-state index in [0.717, 1.165) is 54.8 Å². The second kappa shape index (κ2) is 10.2. The van der Waals surface area contributed by atoms with Crippen molar-refractivity contribution in [1.82, 2.24) is 29.7 Å². The summed E-state index contributed by atoms with van der Waals surface area (Å²) in [5.41, 5.74) is 2.31. The van der Waals surface area contributed by atoms with Gasteiger partial charge in [0.2, 0.25) is 0 Å². The number of methoxy groups -OCH3 is 1. The number of rotatable bonds is 5. The van der Waals surface area contributed by atoms with Crippen LogP contribution in [0, 0.1) is 0 Å². The summed E-state index contributed by atoms with van der Waals surface area (Å²) in [5.74, 6) is 2.44. The molecule has 182 valence electrons. The van der Waals surface area contributed by atoms with Gasteiger partial charge in [0.25, 0.3) is 5.91 Å². The predicted octanol–water partition coefficient (Wildman–Crippen LogP) is 1.66. The van der Waals surface area contributed by atoms with Crippen LogP contribution in [0.3, 0.4) is 0 Å². The number of piperazine rings is 2. The molecule has 0 radical (unpaired) electrons. The number of ether oxygens (including phenoxy) is 1. The van der Waals surface area contributed by atoms with Crippen molar-refractivity contribution in [1.29, 1.82) is 0 Å². The molecule has 2 aliphatic heterocycles. The van der Waals surface area contributed by atoms with Crippen LogP contribution in [-0.2, 0) is 0 Å². The maximum Gasteiger partial charge on any atom is 0.272 e. The summed E-state index contributed by atoms with van der Waals surface area (Å²) in [6, 6.07) is 11.6. The van der Waals surface area contributed by atoms with Crippen LogP contribution in [0.25, 0.3) is 11.3 Å². The minimum atomic E-state index is -0.0518. The average molecular weight is 475 g/mol. The van der Waals surface area contributed by atoms with Crippen molar-refractivity contribution in [3.05, 3.63) is 54.7 Å². The van der Waals surface area contributed by atoms with Gasteiger partial charge in [-0.25, -0.2) is 19.9 Å². The third kappa shape index (κ3) is 5.17. The molecule has 5 rings (SSSR count). The fourth-order valence-electron chi connectivity index (χ4n) is 4.41. The van der Waals surface area contributed by atoms with Gasteiger partial charge in [-0.15, -0.1) is 0 Å². The molecule has 2 fully saturated rings. The number of hydrogen-bond acceptors (Lipinski definition) is 9. The smallest absolute Gasteiger partial charge is 0.272 e. The Morgan fingerprint density at radius 1 is 0.771 bits per heavy atom. The molecule has 1 aromatic carbocycles. The highest BCUT2D eigenvalue weighted by atomic mass is 16.5. The lowest BCUT2D eigenvalue weighted by atomic mass is 10.1. The number of anilines is 2. The Labute approximate surface area is 205 Å². The number of carbonyl (C=O) groups excluding carboxylic acids is 1. The van der Waals surface area contributed by atoms with E-state index in [1.54, 1.807) is 13.4 Å². The van der Waals surface area contributed by atoms with Crippen LogP contribution in [0.15, 0.2) is 49.1 Å². The Morgan fingerprint density at radius 3 is 2.03 bits per heavy atom. The van der Waals surface area contributed by atoms with Gasteiger partial charge in [0, 0.05) is 70.1 Å². The highest BCUT2D eigenvalue weighted by molar-refractivity contribution is 5.93. The summed E-state index contributed by atoms with van der Waals surface area (Å²) in [4.78, 5) is 39.3. The highest BCUT2D eigenvalue weighted by Gasteiger charge is 2.25. The fraction of sp³-hybridized carbons (Fsp3) is 0.400. The van der Waals surface area contributed by atoms with Crippen LogP contribution in [0.1, 0.15) is 10.5 Å². The van der Waals surface area contributed by atoms with Gasteiger partial charge in [-0.3, -0.25) is 4.79 Å². The minimum absolute atomic E-state index is 0.0518. The molecule has 0 N–H and O–H groups in total. The molecule has 4 heterocycles. The summed E-state index contributed by atoms with van der Waals surface area (Å²) >= 11 is 0. The molecule has 0 saturated carbocycles. The van der Waals surface area contributed by atoms with Gasteiger partial charge >= 0.3 is 0 Å². The van der Waals surface area contributed by atoms with E-state index in [1.807, 2.05) is 41.3 Å². The maximum atomic E-state index is 13.2. The van der Waals surface area contributed by atoms with E-state index in [2.05, 4.69) is 41.7 Å². The first-order valence-electron chi connectivity index (χ1n) is 11.9. The molecule has 2 aliphatic rings. The number of amides is 1. The topological polar surface area (TPSA) is 90.8 Å². The van der Waals surface area contributed by atoms with Crippen LogP contribution in [0.4, 0.5) is 11.6 Å². The third-order valence-corrected chi connectivity index (χ3v) is 6.63. The Hall–Kier alpha value is -3.79. The van der Waals surface area contributed by atoms with E-state index in [9.17, 15) is 4.79 Å². The van der Waals surface area contributed by atoms with Crippen molar-refractivity contribution in [2.75, 3.05) is 76.3 Å². The number of hydrogen-bond donors (Lipinski definition) is 0. The maximum absolute atomic E-state index is 13.2. The molecule has 1 amide bonds. The van der Waals surface area contributed by atoms with Gasteiger partial charge in [-0.2, -0.15) is 0 Å². The van der Waals surface area contributed by atoms with Gasteiger partial charge in [0.05, 0.1) is 12.8 Å². The first-order chi connectivity index (χ1) is 17.1. The standard InChI is InChI=1S/C25H30N8O2/c1-30-7-9-31(10-8-30)24-16-22(27-18-29-24)25(34)33-13-11-32(12-14-33)23-15-21(26-17-28-23)19-3-5-20(35-2)6-4-19/h3-6,15-18H,7-14H2,1-2H3. The summed E-state index contributed by atoms with van der Waals surface area (Å²) < 4.78 is 5.24.